The van der Waals surface area contributed by atoms with Crippen LogP contribution in [0.4, 0.5) is 0 Å². The van der Waals surface area contributed by atoms with Crippen molar-refractivity contribution in [3.8, 4) is 0 Å². The molecule has 3 rings (SSSR count). The summed E-state index contributed by atoms with van der Waals surface area (Å²) >= 11 is 0. The van der Waals surface area contributed by atoms with Gasteiger partial charge in [0.2, 0.25) is 0 Å². The van der Waals surface area contributed by atoms with Crippen molar-refractivity contribution < 1.29 is 14.3 Å². The maximum Gasteiger partial charge on any atom is 0.309 e. The molecule has 0 bridgehead atoms. The first-order chi connectivity index (χ1) is 8.45. The maximum atomic E-state index is 12.1. The fourth-order valence-electron chi connectivity index (χ4n) is 4.31. The number of ketones is 1. The third-order valence-electron chi connectivity index (χ3n) is 5.37. The van der Waals surface area contributed by atoms with Crippen LogP contribution in [-0.2, 0) is 14.3 Å². The first-order valence-corrected chi connectivity index (χ1v) is 6.88. The van der Waals surface area contributed by atoms with Crippen LogP contribution in [0.3, 0.4) is 0 Å². The molecule has 6 unspecified atom stereocenters. The molecule has 2 aliphatic carbocycles. The Bertz CT molecular complexity index is 439. The highest BCUT2D eigenvalue weighted by Gasteiger charge is 2.58. The lowest BCUT2D eigenvalue weighted by Crippen LogP contribution is -2.41. The number of carbonyl (C=O) groups excluding carboxylic acids is 2. The molecule has 1 saturated heterocycles. The van der Waals surface area contributed by atoms with Crippen molar-refractivity contribution in [2.45, 2.75) is 39.7 Å². The predicted molar refractivity (Wildman–Crippen MR) is 66.7 cm³/mol. The van der Waals surface area contributed by atoms with E-state index in [9.17, 15) is 9.59 Å². The molecular formula is C15H20O3. The summed E-state index contributed by atoms with van der Waals surface area (Å²) in [6.07, 6.45) is 5.57. The highest BCUT2D eigenvalue weighted by atomic mass is 16.6. The number of rotatable bonds is 0. The van der Waals surface area contributed by atoms with Gasteiger partial charge in [-0.15, -0.1) is 0 Å². The lowest BCUT2D eigenvalue weighted by Gasteiger charge is -2.36. The van der Waals surface area contributed by atoms with Crippen LogP contribution in [0.2, 0.25) is 0 Å². The summed E-state index contributed by atoms with van der Waals surface area (Å²) in [4.78, 5) is 23.9. The van der Waals surface area contributed by atoms with Gasteiger partial charge in [-0.25, -0.2) is 0 Å². The molecule has 2 fully saturated rings. The molecule has 0 aromatic heterocycles. The zero-order valence-corrected chi connectivity index (χ0v) is 11.2. The van der Waals surface area contributed by atoms with Crippen molar-refractivity contribution >= 4 is 11.8 Å². The van der Waals surface area contributed by atoms with Crippen molar-refractivity contribution in [2.24, 2.45) is 29.1 Å². The van der Waals surface area contributed by atoms with Crippen LogP contribution in [0.15, 0.2) is 12.2 Å². The van der Waals surface area contributed by atoms with Crippen molar-refractivity contribution in [2.75, 3.05) is 0 Å². The van der Waals surface area contributed by atoms with Crippen molar-refractivity contribution in [1.82, 2.24) is 0 Å². The lowest BCUT2D eigenvalue weighted by molar-refractivity contribution is -0.149. The standard InChI is InChI=1S/C15H20O3/c1-8-4-5-10-9(2)14(17)18-13(10)15(3)7-6-11(16)12(8)15/h6-10,12-13H,4-5H2,1-3H3. The molecule has 3 heteroatoms. The summed E-state index contributed by atoms with van der Waals surface area (Å²) in [5, 5.41) is 0. The Kier molecular flexibility index (Phi) is 2.45. The SMILES string of the molecule is CC1CCC2C(C)C(=O)OC2C2(C)C=CC(=O)C12. The fraction of sp³-hybridized carbons (Fsp3) is 0.733. The highest BCUT2D eigenvalue weighted by molar-refractivity contribution is 5.96. The van der Waals surface area contributed by atoms with Crippen LogP contribution < -0.4 is 0 Å². The molecule has 0 aromatic carbocycles. The van der Waals surface area contributed by atoms with E-state index in [2.05, 4.69) is 13.8 Å². The molecule has 1 aliphatic heterocycles. The van der Waals surface area contributed by atoms with Gasteiger partial charge >= 0.3 is 5.97 Å². The van der Waals surface area contributed by atoms with E-state index in [1.807, 2.05) is 13.0 Å². The number of esters is 1. The van der Waals surface area contributed by atoms with Crippen molar-refractivity contribution in [3.05, 3.63) is 12.2 Å². The molecule has 18 heavy (non-hydrogen) atoms. The van der Waals surface area contributed by atoms with Gasteiger partial charge in [0, 0.05) is 17.3 Å². The van der Waals surface area contributed by atoms with Gasteiger partial charge in [-0.1, -0.05) is 26.8 Å². The second kappa shape index (κ2) is 3.69. The summed E-state index contributed by atoms with van der Waals surface area (Å²) in [5.41, 5.74) is -0.294. The number of hydrogen-bond acceptors (Lipinski definition) is 3. The van der Waals surface area contributed by atoms with Crippen LogP contribution >= 0.6 is 0 Å². The topological polar surface area (TPSA) is 43.4 Å². The van der Waals surface area contributed by atoms with E-state index in [4.69, 9.17) is 4.74 Å². The Hall–Kier alpha value is -1.12. The Morgan fingerprint density at radius 2 is 2.00 bits per heavy atom. The molecule has 3 aliphatic rings. The smallest absolute Gasteiger partial charge is 0.309 e. The summed E-state index contributed by atoms with van der Waals surface area (Å²) in [6, 6.07) is 0. The molecule has 0 amide bonds. The predicted octanol–water partition coefficient (Wildman–Crippen LogP) is 2.36. The van der Waals surface area contributed by atoms with Crippen LogP contribution in [0.5, 0.6) is 0 Å². The minimum atomic E-state index is -0.294. The van der Waals surface area contributed by atoms with Gasteiger partial charge in [0.1, 0.15) is 6.10 Å². The van der Waals surface area contributed by atoms with E-state index in [0.29, 0.717) is 5.92 Å². The largest absolute Gasteiger partial charge is 0.461 e. The molecular weight excluding hydrogens is 228 g/mol. The quantitative estimate of drug-likeness (QED) is 0.618. The van der Waals surface area contributed by atoms with E-state index in [-0.39, 0.29) is 41.0 Å². The fourth-order valence-corrected chi connectivity index (χ4v) is 4.31. The number of ether oxygens (including phenoxy) is 1. The molecule has 6 atom stereocenters. The van der Waals surface area contributed by atoms with Gasteiger partial charge in [-0.05, 0) is 24.8 Å². The summed E-state index contributed by atoms with van der Waals surface area (Å²) in [7, 11) is 0. The van der Waals surface area contributed by atoms with Crippen LogP contribution in [-0.4, -0.2) is 17.9 Å². The third kappa shape index (κ3) is 1.36. The average Bonchev–Trinajstić information content (AvgIpc) is 2.74. The molecule has 1 heterocycles. The average molecular weight is 248 g/mol. The monoisotopic (exact) mass is 248 g/mol. The zero-order chi connectivity index (χ0) is 13.1. The summed E-state index contributed by atoms with van der Waals surface area (Å²) in [6.45, 7) is 6.20. The van der Waals surface area contributed by atoms with Crippen molar-refractivity contribution in [1.29, 1.82) is 0 Å². The molecule has 0 spiro atoms. The third-order valence-corrected chi connectivity index (χ3v) is 5.37. The Balaban J connectivity index is 2.04. The van der Waals surface area contributed by atoms with Gasteiger partial charge in [0.25, 0.3) is 0 Å². The van der Waals surface area contributed by atoms with Gasteiger partial charge in [-0.2, -0.15) is 0 Å². The highest BCUT2D eigenvalue weighted by Crippen LogP contribution is 2.54. The van der Waals surface area contributed by atoms with E-state index in [1.54, 1.807) is 6.08 Å². The number of allylic oxidation sites excluding steroid dienone is 1. The Morgan fingerprint density at radius 3 is 2.72 bits per heavy atom. The molecule has 1 saturated carbocycles. The van der Waals surface area contributed by atoms with E-state index in [1.165, 1.54) is 0 Å². The molecule has 0 aromatic rings. The van der Waals surface area contributed by atoms with E-state index in [0.717, 1.165) is 12.8 Å². The lowest BCUT2D eigenvalue weighted by atomic mass is 9.68. The number of hydrogen-bond donors (Lipinski definition) is 0. The summed E-state index contributed by atoms with van der Waals surface area (Å²) < 4.78 is 5.63. The van der Waals surface area contributed by atoms with Crippen molar-refractivity contribution in [3.63, 3.8) is 0 Å². The van der Waals surface area contributed by atoms with Crippen LogP contribution in [0.1, 0.15) is 33.6 Å². The number of fused-ring (bicyclic) bond motifs is 3. The second-order valence-electron chi connectivity index (χ2n) is 6.44. The minimum absolute atomic E-state index is 0.00870. The summed E-state index contributed by atoms with van der Waals surface area (Å²) in [5.74, 6) is 0.723. The maximum absolute atomic E-state index is 12.1. The molecule has 3 nitrogen and oxygen atoms in total. The number of carbonyl (C=O) groups is 2. The first kappa shape index (κ1) is 11.9. The van der Waals surface area contributed by atoms with Gasteiger partial charge < -0.3 is 4.74 Å². The molecule has 0 radical (unpaired) electrons. The van der Waals surface area contributed by atoms with Gasteiger partial charge in [0.15, 0.2) is 5.78 Å². The normalized spacial score (nSPS) is 50.7. The van der Waals surface area contributed by atoms with Crippen LogP contribution in [0, 0.1) is 29.1 Å². The second-order valence-corrected chi connectivity index (χ2v) is 6.44. The van der Waals surface area contributed by atoms with Gasteiger partial charge in [0.05, 0.1) is 5.92 Å². The van der Waals surface area contributed by atoms with Gasteiger partial charge in [-0.3, -0.25) is 9.59 Å². The Labute approximate surface area is 108 Å². The first-order valence-electron chi connectivity index (χ1n) is 6.88. The zero-order valence-electron chi connectivity index (χ0n) is 11.2. The molecule has 0 N–H and O–H groups in total. The Morgan fingerprint density at radius 1 is 1.28 bits per heavy atom. The van der Waals surface area contributed by atoms with E-state index < -0.39 is 0 Å². The molecule has 98 valence electrons. The van der Waals surface area contributed by atoms with E-state index >= 15 is 0 Å². The minimum Gasteiger partial charge on any atom is -0.461 e. The van der Waals surface area contributed by atoms with Crippen LogP contribution in [0.25, 0.3) is 0 Å².